The molecule has 0 spiro atoms. The standard InChI is InChI=1S/C26H47N2O2.BrH/c1-6-7-8-9-10-11-12-13-14-15-20-28(2,3)21-16-19-27-23-24-17-18-25(29-4)26(22-24)30-5;/h17-18,22-23H,6-16,19-21H2,1-5H3;1H/q+1;/p-1. The van der Waals surface area contributed by atoms with Gasteiger partial charge in [-0.1, -0.05) is 58.3 Å². The van der Waals surface area contributed by atoms with Crippen LogP contribution in [0.25, 0.3) is 0 Å². The Morgan fingerprint density at radius 2 is 1.32 bits per heavy atom. The van der Waals surface area contributed by atoms with E-state index in [4.69, 9.17) is 9.47 Å². The first-order valence-corrected chi connectivity index (χ1v) is 12.1. The van der Waals surface area contributed by atoms with E-state index in [2.05, 4.69) is 26.0 Å². The number of benzene rings is 1. The Morgan fingerprint density at radius 3 is 1.90 bits per heavy atom. The van der Waals surface area contributed by atoms with Crippen molar-refractivity contribution < 1.29 is 30.9 Å². The minimum Gasteiger partial charge on any atom is -1.00 e. The lowest BCUT2D eigenvalue weighted by Crippen LogP contribution is -3.00. The van der Waals surface area contributed by atoms with Crippen molar-refractivity contribution in [1.82, 2.24) is 0 Å². The topological polar surface area (TPSA) is 30.8 Å². The van der Waals surface area contributed by atoms with Gasteiger partial charge in [0.1, 0.15) is 0 Å². The first-order chi connectivity index (χ1) is 14.5. The minimum absolute atomic E-state index is 0. The van der Waals surface area contributed by atoms with Gasteiger partial charge >= 0.3 is 0 Å². The van der Waals surface area contributed by atoms with E-state index < -0.39 is 0 Å². The van der Waals surface area contributed by atoms with Gasteiger partial charge in [0.15, 0.2) is 11.5 Å². The maximum absolute atomic E-state index is 5.35. The Morgan fingerprint density at radius 1 is 0.774 bits per heavy atom. The van der Waals surface area contributed by atoms with Gasteiger partial charge in [-0.25, -0.2) is 0 Å². The van der Waals surface area contributed by atoms with E-state index in [1.165, 1.54) is 77.3 Å². The number of rotatable bonds is 18. The Hall–Kier alpha value is -1.07. The van der Waals surface area contributed by atoms with Crippen LogP contribution < -0.4 is 26.5 Å². The van der Waals surface area contributed by atoms with Crippen molar-refractivity contribution in [3.05, 3.63) is 23.8 Å². The molecule has 0 aliphatic heterocycles. The first-order valence-electron chi connectivity index (χ1n) is 12.1. The Balaban J connectivity index is 0.00000900. The zero-order valence-corrected chi connectivity index (χ0v) is 22.4. The molecule has 1 rings (SSSR count). The monoisotopic (exact) mass is 498 g/mol. The highest BCUT2D eigenvalue weighted by atomic mass is 79.9. The molecule has 0 heterocycles. The van der Waals surface area contributed by atoms with Crippen molar-refractivity contribution in [2.75, 3.05) is 47.9 Å². The molecule has 0 unspecified atom stereocenters. The fraction of sp³-hybridized carbons (Fsp3) is 0.731. The fourth-order valence-corrected chi connectivity index (χ4v) is 3.83. The second kappa shape index (κ2) is 18.5. The molecule has 0 saturated carbocycles. The third kappa shape index (κ3) is 14.6. The highest BCUT2D eigenvalue weighted by Gasteiger charge is 2.13. The predicted molar refractivity (Wildman–Crippen MR) is 130 cm³/mol. The van der Waals surface area contributed by atoms with Crippen LogP contribution >= 0.6 is 0 Å². The number of quaternary nitrogens is 1. The summed E-state index contributed by atoms with van der Waals surface area (Å²) in [6.07, 6.45) is 17.1. The largest absolute Gasteiger partial charge is 1.00 e. The Kier molecular flexibility index (Phi) is 17.9. The van der Waals surface area contributed by atoms with Gasteiger partial charge < -0.3 is 30.9 Å². The molecule has 0 radical (unpaired) electrons. The first kappa shape index (κ1) is 29.9. The molecule has 4 nitrogen and oxygen atoms in total. The number of methoxy groups -OCH3 is 2. The van der Waals surface area contributed by atoms with Crippen LogP contribution in [0.3, 0.4) is 0 Å². The molecule has 0 aromatic heterocycles. The fourth-order valence-electron chi connectivity index (χ4n) is 3.83. The summed E-state index contributed by atoms with van der Waals surface area (Å²) >= 11 is 0. The summed E-state index contributed by atoms with van der Waals surface area (Å²) in [7, 11) is 8.02. The van der Waals surface area contributed by atoms with Gasteiger partial charge in [-0.3, -0.25) is 4.99 Å². The molecular weight excluding hydrogens is 452 g/mol. The van der Waals surface area contributed by atoms with Crippen molar-refractivity contribution in [3.63, 3.8) is 0 Å². The van der Waals surface area contributed by atoms with Crippen LogP contribution in [0.1, 0.15) is 83.1 Å². The Bertz CT molecular complexity index is 591. The number of ether oxygens (including phenoxy) is 2. The van der Waals surface area contributed by atoms with Crippen LogP contribution in [0.5, 0.6) is 11.5 Å². The van der Waals surface area contributed by atoms with Crippen LogP contribution in [0.4, 0.5) is 0 Å². The summed E-state index contributed by atoms with van der Waals surface area (Å²) in [5, 5.41) is 0. The van der Waals surface area contributed by atoms with E-state index in [1.807, 2.05) is 24.4 Å². The van der Waals surface area contributed by atoms with Crippen LogP contribution in [-0.2, 0) is 0 Å². The molecule has 0 aliphatic rings. The SMILES string of the molecule is CCCCCCCCCCCC[N+](C)(C)CCCN=Cc1ccc(OC)c(OC)c1.[Br-]. The molecule has 31 heavy (non-hydrogen) atoms. The maximum atomic E-state index is 5.35. The number of nitrogens with zero attached hydrogens (tertiary/aromatic N) is 2. The molecule has 0 amide bonds. The zero-order chi connectivity index (χ0) is 22.1. The molecule has 5 heteroatoms. The summed E-state index contributed by atoms with van der Waals surface area (Å²) in [5.74, 6) is 1.50. The molecule has 0 saturated heterocycles. The number of hydrogen-bond donors (Lipinski definition) is 0. The number of aliphatic imine (C=N–C) groups is 1. The summed E-state index contributed by atoms with van der Waals surface area (Å²) < 4.78 is 11.7. The van der Waals surface area contributed by atoms with Gasteiger partial charge in [0.2, 0.25) is 0 Å². The lowest BCUT2D eigenvalue weighted by atomic mass is 10.1. The molecule has 1 aromatic carbocycles. The van der Waals surface area contributed by atoms with E-state index in [9.17, 15) is 0 Å². The summed E-state index contributed by atoms with van der Waals surface area (Å²) in [4.78, 5) is 4.60. The van der Waals surface area contributed by atoms with Gasteiger partial charge in [-0.05, 0) is 36.6 Å². The molecule has 0 fully saturated rings. The van der Waals surface area contributed by atoms with Crippen molar-refractivity contribution in [2.45, 2.75) is 77.6 Å². The highest BCUT2D eigenvalue weighted by molar-refractivity contribution is 5.80. The van der Waals surface area contributed by atoms with Crippen LogP contribution in [0, 0.1) is 0 Å². The third-order valence-corrected chi connectivity index (χ3v) is 5.82. The highest BCUT2D eigenvalue weighted by Crippen LogP contribution is 2.26. The normalized spacial score (nSPS) is 11.5. The van der Waals surface area contributed by atoms with Crippen molar-refractivity contribution in [1.29, 1.82) is 0 Å². The van der Waals surface area contributed by atoms with Crippen molar-refractivity contribution >= 4 is 6.21 Å². The van der Waals surface area contributed by atoms with E-state index in [-0.39, 0.29) is 17.0 Å². The zero-order valence-electron chi connectivity index (χ0n) is 20.8. The average molecular weight is 500 g/mol. The van der Waals surface area contributed by atoms with E-state index in [0.29, 0.717) is 0 Å². The minimum atomic E-state index is 0. The molecule has 0 atom stereocenters. The van der Waals surface area contributed by atoms with Gasteiger partial charge in [0.25, 0.3) is 0 Å². The quantitative estimate of drug-likeness (QED) is 0.176. The number of hydrogen-bond acceptors (Lipinski definition) is 3. The van der Waals surface area contributed by atoms with Gasteiger partial charge in [-0.15, -0.1) is 0 Å². The van der Waals surface area contributed by atoms with Crippen molar-refractivity contribution in [2.24, 2.45) is 4.99 Å². The maximum Gasteiger partial charge on any atom is 0.161 e. The second-order valence-electron chi connectivity index (χ2n) is 9.07. The molecular formula is C26H47BrN2O2. The second-order valence-corrected chi connectivity index (χ2v) is 9.07. The summed E-state index contributed by atoms with van der Waals surface area (Å²) in [6, 6.07) is 5.90. The van der Waals surface area contributed by atoms with Gasteiger partial charge in [0, 0.05) is 19.2 Å². The van der Waals surface area contributed by atoms with E-state index in [0.717, 1.165) is 34.5 Å². The average Bonchev–Trinajstić information content (AvgIpc) is 2.74. The lowest BCUT2D eigenvalue weighted by Gasteiger charge is -2.29. The smallest absolute Gasteiger partial charge is 0.161 e. The van der Waals surface area contributed by atoms with Crippen molar-refractivity contribution in [3.8, 4) is 11.5 Å². The molecule has 0 bridgehead atoms. The van der Waals surface area contributed by atoms with E-state index in [1.54, 1.807) is 14.2 Å². The summed E-state index contributed by atoms with van der Waals surface area (Å²) in [5.41, 5.74) is 1.05. The third-order valence-electron chi connectivity index (χ3n) is 5.82. The molecule has 1 aromatic rings. The Labute approximate surface area is 202 Å². The van der Waals surface area contributed by atoms with E-state index >= 15 is 0 Å². The van der Waals surface area contributed by atoms with Gasteiger partial charge in [0.05, 0.1) is 41.4 Å². The molecule has 0 aliphatic carbocycles. The number of halogens is 1. The summed E-state index contributed by atoms with van der Waals surface area (Å²) in [6.45, 7) is 5.61. The predicted octanol–water partition coefficient (Wildman–Crippen LogP) is 3.51. The molecule has 180 valence electrons. The van der Waals surface area contributed by atoms with Gasteiger partial charge in [-0.2, -0.15) is 0 Å². The lowest BCUT2D eigenvalue weighted by molar-refractivity contribution is -0.890. The van der Waals surface area contributed by atoms with Crippen LogP contribution in [0.2, 0.25) is 0 Å². The molecule has 0 N–H and O–H groups in total. The van der Waals surface area contributed by atoms with Crippen LogP contribution in [0.15, 0.2) is 23.2 Å². The number of unbranched alkanes of at least 4 members (excludes halogenated alkanes) is 9. The van der Waals surface area contributed by atoms with Crippen LogP contribution in [-0.4, -0.2) is 58.6 Å².